The highest BCUT2D eigenvalue weighted by molar-refractivity contribution is 7.90. The van der Waals surface area contributed by atoms with Crippen LogP contribution in [0.25, 0.3) is 0 Å². The Morgan fingerprint density at radius 1 is 1.07 bits per heavy atom. The minimum Gasteiger partial charge on any atom is -0.315 e. The maximum absolute atomic E-state index is 13.2. The van der Waals surface area contributed by atoms with E-state index in [4.69, 9.17) is 0 Å². The molecule has 144 valence electrons. The van der Waals surface area contributed by atoms with Gasteiger partial charge in [0.25, 0.3) is 0 Å². The van der Waals surface area contributed by atoms with Crippen molar-refractivity contribution in [3.8, 4) is 0 Å². The lowest BCUT2D eigenvalue weighted by atomic mass is 10.0. The summed E-state index contributed by atoms with van der Waals surface area (Å²) in [5, 5.41) is 0. The molecule has 4 nitrogen and oxygen atoms in total. The van der Waals surface area contributed by atoms with Gasteiger partial charge in [-0.3, -0.25) is 4.79 Å². The van der Waals surface area contributed by atoms with Gasteiger partial charge in [0.1, 0.15) is 0 Å². The second-order valence-electron chi connectivity index (χ2n) is 6.70. The summed E-state index contributed by atoms with van der Waals surface area (Å²) < 4.78 is 62.5. The lowest BCUT2D eigenvalue weighted by Gasteiger charge is -2.18. The van der Waals surface area contributed by atoms with Crippen LogP contribution in [0.4, 0.5) is 18.9 Å². The number of amides is 1. The first-order chi connectivity index (χ1) is 12.5. The van der Waals surface area contributed by atoms with Gasteiger partial charge in [0.05, 0.1) is 10.5 Å². The number of alkyl halides is 3. The number of nitrogens with zero attached hydrogens (tertiary/aromatic N) is 1. The molecule has 1 fully saturated rings. The van der Waals surface area contributed by atoms with E-state index in [0.717, 1.165) is 12.3 Å². The number of hydrogen-bond acceptors (Lipinski definition) is 3. The first-order valence-corrected chi connectivity index (χ1v) is 10.1. The molecule has 2 aromatic rings. The number of benzene rings is 2. The van der Waals surface area contributed by atoms with E-state index in [1.54, 1.807) is 0 Å². The minimum absolute atomic E-state index is 0.135. The first kappa shape index (κ1) is 19.4. The number of rotatable bonds is 4. The van der Waals surface area contributed by atoms with Gasteiger partial charge in [-0.2, -0.15) is 13.2 Å². The predicted octanol–water partition coefficient (Wildman–Crippen LogP) is 3.88. The summed E-state index contributed by atoms with van der Waals surface area (Å²) in [6.07, 6.45) is -3.01. The highest BCUT2D eigenvalue weighted by Crippen LogP contribution is 2.51. The smallest absolute Gasteiger partial charge is 0.315 e. The zero-order valence-electron chi connectivity index (χ0n) is 14.7. The Hall–Kier alpha value is -2.35. The highest BCUT2D eigenvalue weighted by atomic mass is 32.2. The molecule has 1 aliphatic rings. The second kappa shape index (κ2) is 6.67. The number of carbonyl (C=O) groups is 1. The van der Waals surface area contributed by atoms with Crippen LogP contribution in [0.3, 0.4) is 0 Å². The van der Waals surface area contributed by atoms with Crippen molar-refractivity contribution in [1.82, 2.24) is 0 Å². The SMILES string of the molecule is CN(C(=O)[C@H]1C[C@H]1c1ccccc1C(F)(F)F)c1ccc(S(C)(=O)=O)cc1. The Bertz CT molecular complexity index is 968. The van der Waals surface area contributed by atoms with Crippen molar-refractivity contribution in [2.75, 3.05) is 18.2 Å². The third kappa shape index (κ3) is 4.00. The molecule has 1 saturated carbocycles. The Kier molecular flexibility index (Phi) is 4.80. The topological polar surface area (TPSA) is 54.5 Å². The molecular weight excluding hydrogens is 379 g/mol. The molecule has 0 unspecified atom stereocenters. The van der Waals surface area contributed by atoms with Crippen molar-refractivity contribution < 1.29 is 26.4 Å². The molecule has 0 radical (unpaired) electrons. The summed E-state index contributed by atoms with van der Waals surface area (Å²) in [4.78, 5) is 14.1. The molecule has 1 amide bonds. The maximum atomic E-state index is 13.2. The lowest BCUT2D eigenvalue weighted by molar-refractivity contribution is -0.138. The molecule has 3 rings (SSSR count). The van der Waals surface area contributed by atoms with Gasteiger partial charge in [-0.05, 0) is 48.2 Å². The van der Waals surface area contributed by atoms with Crippen LogP contribution in [-0.2, 0) is 20.8 Å². The van der Waals surface area contributed by atoms with Gasteiger partial charge in [-0.1, -0.05) is 18.2 Å². The van der Waals surface area contributed by atoms with Gasteiger partial charge in [0.2, 0.25) is 5.91 Å². The van der Waals surface area contributed by atoms with Crippen molar-refractivity contribution >= 4 is 21.4 Å². The molecule has 0 N–H and O–H groups in total. The van der Waals surface area contributed by atoms with E-state index in [9.17, 15) is 26.4 Å². The molecule has 1 aliphatic carbocycles. The van der Waals surface area contributed by atoms with Crippen LogP contribution in [0, 0.1) is 5.92 Å². The summed E-state index contributed by atoms with van der Waals surface area (Å²) >= 11 is 0. The van der Waals surface area contributed by atoms with Gasteiger partial charge in [0, 0.05) is 24.9 Å². The standard InChI is InChI=1S/C19H18F3NO3S/c1-23(12-7-9-13(10-8-12)27(2,25)26)18(24)16-11-15(16)14-5-3-4-6-17(14)19(20,21)22/h3-10,15-16H,11H2,1-2H3/t15-,16-/m0/s1. The van der Waals surface area contributed by atoms with Crippen LogP contribution in [-0.4, -0.2) is 27.6 Å². The van der Waals surface area contributed by atoms with Crippen molar-refractivity contribution in [1.29, 1.82) is 0 Å². The Morgan fingerprint density at radius 2 is 1.67 bits per heavy atom. The molecule has 0 aliphatic heterocycles. The number of carbonyl (C=O) groups excluding carboxylic acids is 1. The Labute approximate surface area is 155 Å². The fourth-order valence-electron chi connectivity index (χ4n) is 3.18. The Morgan fingerprint density at radius 3 is 2.22 bits per heavy atom. The minimum atomic E-state index is -4.46. The quantitative estimate of drug-likeness (QED) is 0.787. The van der Waals surface area contributed by atoms with E-state index in [-0.39, 0.29) is 16.4 Å². The second-order valence-corrected chi connectivity index (χ2v) is 8.71. The van der Waals surface area contributed by atoms with E-state index in [1.165, 1.54) is 54.4 Å². The van der Waals surface area contributed by atoms with Gasteiger partial charge in [-0.15, -0.1) is 0 Å². The molecular formula is C19H18F3NO3S. The largest absolute Gasteiger partial charge is 0.416 e. The molecule has 27 heavy (non-hydrogen) atoms. The van der Waals surface area contributed by atoms with E-state index < -0.39 is 33.4 Å². The van der Waals surface area contributed by atoms with Gasteiger partial charge in [-0.25, -0.2) is 8.42 Å². The van der Waals surface area contributed by atoms with Crippen LogP contribution >= 0.6 is 0 Å². The van der Waals surface area contributed by atoms with Gasteiger partial charge in [0.15, 0.2) is 9.84 Å². The summed E-state index contributed by atoms with van der Waals surface area (Å²) in [6.45, 7) is 0. The average molecular weight is 397 g/mol. The summed E-state index contributed by atoms with van der Waals surface area (Å²) in [5.41, 5.74) is -0.0724. The molecule has 2 aromatic carbocycles. The zero-order chi connectivity index (χ0) is 20.0. The molecule has 0 bridgehead atoms. The fraction of sp³-hybridized carbons (Fsp3) is 0.316. The maximum Gasteiger partial charge on any atom is 0.416 e. The molecule has 0 aromatic heterocycles. The van der Waals surface area contributed by atoms with Crippen LogP contribution < -0.4 is 4.90 Å². The van der Waals surface area contributed by atoms with E-state index >= 15 is 0 Å². The first-order valence-electron chi connectivity index (χ1n) is 8.24. The van der Waals surface area contributed by atoms with E-state index in [2.05, 4.69) is 0 Å². The average Bonchev–Trinajstić information content (AvgIpc) is 3.40. The van der Waals surface area contributed by atoms with Crippen molar-refractivity contribution in [3.05, 3.63) is 59.7 Å². The fourth-order valence-corrected chi connectivity index (χ4v) is 3.81. The van der Waals surface area contributed by atoms with Gasteiger partial charge < -0.3 is 4.90 Å². The Balaban J connectivity index is 1.77. The number of hydrogen-bond donors (Lipinski definition) is 0. The number of sulfone groups is 1. The summed E-state index contributed by atoms with van der Waals surface area (Å²) in [6, 6.07) is 11.1. The predicted molar refractivity (Wildman–Crippen MR) is 95.3 cm³/mol. The van der Waals surface area contributed by atoms with Crippen molar-refractivity contribution in [2.45, 2.75) is 23.4 Å². The molecule has 0 saturated heterocycles. The van der Waals surface area contributed by atoms with E-state index in [1.807, 2.05) is 0 Å². The van der Waals surface area contributed by atoms with Crippen LogP contribution in [0.5, 0.6) is 0 Å². The molecule has 2 atom stereocenters. The number of anilines is 1. The van der Waals surface area contributed by atoms with Crippen molar-refractivity contribution in [2.24, 2.45) is 5.92 Å². The molecule has 8 heteroatoms. The molecule has 0 heterocycles. The monoisotopic (exact) mass is 397 g/mol. The van der Waals surface area contributed by atoms with Crippen LogP contribution in [0.2, 0.25) is 0 Å². The van der Waals surface area contributed by atoms with Crippen LogP contribution in [0.1, 0.15) is 23.5 Å². The summed E-state index contributed by atoms with van der Waals surface area (Å²) in [7, 11) is -1.81. The third-order valence-corrected chi connectivity index (χ3v) is 5.88. The zero-order valence-corrected chi connectivity index (χ0v) is 15.5. The van der Waals surface area contributed by atoms with E-state index in [0.29, 0.717) is 12.1 Å². The van der Waals surface area contributed by atoms with Crippen molar-refractivity contribution in [3.63, 3.8) is 0 Å². The number of halogens is 3. The summed E-state index contributed by atoms with van der Waals surface area (Å²) in [5.74, 6) is -1.27. The highest BCUT2D eigenvalue weighted by Gasteiger charge is 2.48. The molecule has 0 spiro atoms. The third-order valence-electron chi connectivity index (χ3n) is 4.76. The van der Waals surface area contributed by atoms with Crippen LogP contribution in [0.15, 0.2) is 53.4 Å². The normalized spacial score (nSPS) is 19.6. The van der Waals surface area contributed by atoms with Gasteiger partial charge >= 0.3 is 6.18 Å². The lowest BCUT2D eigenvalue weighted by Crippen LogP contribution is -2.28.